The molecule has 5 nitrogen and oxygen atoms in total. The Labute approximate surface area is 123 Å². The molecule has 0 spiro atoms. The van der Waals surface area contributed by atoms with Crippen molar-refractivity contribution in [2.45, 2.75) is 31.7 Å². The number of hydrogen-bond donors (Lipinski definition) is 0. The van der Waals surface area contributed by atoms with E-state index in [2.05, 4.69) is 0 Å². The predicted molar refractivity (Wildman–Crippen MR) is 71.0 cm³/mol. The molecule has 0 saturated carbocycles. The van der Waals surface area contributed by atoms with Crippen molar-refractivity contribution in [1.82, 2.24) is 9.80 Å². The van der Waals surface area contributed by atoms with E-state index in [9.17, 15) is 18.0 Å². The van der Waals surface area contributed by atoms with Gasteiger partial charge in [0, 0.05) is 27.2 Å². The van der Waals surface area contributed by atoms with E-state index in [1.165, 1.54) is 9.80 Å². The second kappa shape index (κ2) is 6.93. The van der Waals surface area contributed by atoms with Crippen LogP contribution in [0.3, 0.4) is 0 Å². The molecule has 1 atom stereocenters. The maximum absolute atomic E-state index is 12.5. The summed E-state index contributed by atoms with van der Waals surface area (Å²) in [7, 11) is 3.22. The number of nitrogens with zero attached hydrogens (tertiary/aromatic N) is 2. The molecular weight excluding hydrogens is 289 g/mol. The zero-order valence-electron chi connectivity index (χ0n) is 12.9. The number of carbonyl (C=O) groups is 1. The van der Waals surface area contributed by atoms with Crippen LogP contribution in [0.2, 0.25) is 0 Å². The molecule has 1 aliphatic heterocycles. The van der Waals surface area contributed by atoms with Gasteiger partial charge in [-0.2, -0.15) is 13.2 Å². The Bertz CT molecular complexity index is 357. The maximum atomic E-state index is 12.5. The smallest absolute Gasteiger partial charge is 0.369 e. The fourth-order valence-electron chi connectivity index (χ4n) is 2.28. The highest BCUT2D eigenvalue weighted by atomic mass is 19.4. The maximum Gasteiger partial charge on any atom is 0.401 e. The Morgan fingerprint density at radius 2 is 2.05 bits per heavy atom. The number of amides is 1. The van der Waals surface area contributed by atoms with Crippen LogP contribution < -0.4 is 0 Å². The zero-order valence-corrected chi connectivity index (χ0v) is 12.9. The zero-order chi connectivity index (χ0) is 16.3. The summed E-state index contributed by atoms with van der Waals surface area (Å²) in [5.41, 5.74) is -0.677. The van der Waals surface area contributed by atoms with Gasteiger partial charge in [-0.15, -0.1) is 0 Å². The van der Waals surface area contributed by atoms with Crippen molar-refractivity contribution in [1.29, 1.82) is 0 Å². The van der Waals surface area contributed by atoms with Crippen molar-refractivity contribution >= 4 is 5.91 Å². The van der Waals surface area contributed by atoms with Gasteiger partial charge in [0.25, 0.3) is 0 Å². The van der Waals surface area contributed by atoms with Gasteiger partial charge in [0.2, 0.25) is 5.91 Å². The van der Waals surface area contributed by atoms with Gasteiger partial charge in [-0.25, -0.2) is 0 Å². The van der Waals surface area contributed by atoms with E-state index >= 15 is 0 Å². The summed E-state index contributed by atoms with van der Waals surface area (Å²) in [4.78, 5) is 14.1. The second-order valence-electron chi connectivity index (χ2n) is 6.09. The number of alkyl halides is 3. The highest BCUT2D eigenvalue weighted by Crippen LogP contribution is 2.25. The molecule has 1 heterocycles. The first-order valence-electron chi connectivity index (χ1n) is 6.73. The molecule has 0 N–H and O–H groups in total. The van der Waals surface area contributed by atoms with Crippen molar-refractivity contribution in [3.63, 3.8) is 0 Å². The van der Waals surface area contributed by atoms with Gasteiger partial charge >= 0.3 is 6.18 Å². The minimum absolute atomic E-state index is 0.0946. The van der Waals surface area contributed by atoms with Gasteiger partial charge in [0.05, 0.1) is 24.9 Å². The van der Waals surface area contributed by atoms with Crippen LogP contribution >= 0.6 is 0 Å². The molecule has 0 aromatic heterocycles. The first-order valence-corrected chi connectivity index (χ1v) is 6.73. The van der Waals surface area contributed by atoms with Crippen molar-refractivity contribution in [3.05, 3.63) is 0 Å². The monoisotopic (exact) mass is 312 g/mol. The normalized spacial score (nSPS) is 23.1. The third-order valence-electron chi connectivity index (χ3n) is 2.98. The third kappa shape index (κ3) is 7.10. The van der Waals surface area contributed by atoms with E-state index in [1.807, 2.05) is 0 Å². The average molecular weight is 312 g/mol. The topological polar surface area (TPSA) is 42.0 Å². The summed E-state index contributed by atoms with van der Waals surface area (Å²) < 4.78 is 48.5. The van der Waals surface area contributed by atoms with E-state index in [4.69, 9.17) is 9.47 Å². The summed E-state index contributed by atoms with van der Waals surface area (Å²) in [6.07, 6.45) is -4.72. The highest BCUT2D eigenvalue weighted by Gasteiger charge is 2.39. The van der Waals surface area contributed by atoms with E-state index < -0.39 is 24.4 Å². The van der Waals surface area contributed by atoms with Gasteiger partial charge in [0.15, 0.2) is 0 Å². The molecule has 1 aliphatic rings. The lowest BCUT2D eigenvalue weighted by atomic mass is 10.1. The minimum atomic E-state index is -4.24. The lowest BCUT2D eigenvalue weighted by molar-refractivity contribution is -0.194. The molecule has 1 unspecified atom stereocenters. The average Bonchev–Trinajstić information content (AvgIpc) is 2.23. The van der Waals surface area contributed by atoms with E-state index in [0.717, 1.165) is 0 Å². The Morgan fingerprint density at radius 1 is 1.43 bits per heavy atom. The third-order valence-corrected chi connectivity index (χ3v) is 2.98. The van der Waals surface area contributed by atoms with Crippen LogP contribution in [0, 0.1) is 0 Å². The Hall–Kier alpha value is -0.860. The summed E-state index contributed by atoms with van der Waals surface area (Å²) in [6, 6.07) is 0. The van der Waals surface area contributed by atoms with Crippen LogP contribution in [-0.4, -0.2) is 80.5 Å². The number of ether oxygens (including phenoxy) is 2. The highest BCUT2D eigenvalue weighted by molar-refractivity contribution is 5.76. The standard InChI is InChI=1S/C13H23F3N2O3/c1-12(2)8-18(9-13(14,15)16)5-10(21-12)6-20-7-11(19)17(3)4/h10H,5-9H2,1-4H3. The lowest BCUT2D eigenvalue weighted by Gasteiger charge is -2.42. The number of halogens is 3. The molecular formula is C13H23F3N2O3. The fourth-order valence-corrected chi connectivity index (χ4v) is 2.28. The van der Waals surface area contributed by atoms with Crippen molar-refractivity contribution in [2.24, 2.45) is 0 Å². The SMILES string of the molecule is CN(C)C(=O)COCC1CN(CC(F)(F)F)CC(C)(C)O1. The number of hydrogen-bond acceptors (Lipinski definition) is 4. The molecule has 1 amide bonds. The molecule has 1 fully saturated rings. The van der Waals surface area contributed by atoms with Crippen LogP contribution in [0.15, 0.2) is 0 Å². The van der Waals surface area contributed by atoms with Crippen LogP contribution in [-0.2, 0) is 14.3 Å². The molecule has 0 radical (unpaired) electrons. The number of morpholine rings is 1. The van der Waals surface area contributed by atoms with E-state index in [-0.39, 0.29) is 32.2 Å². The fraction of sp³-hybridized carbons (Fsp3) is 0.923. The van der Waals surface area contributed by atoms with Crippen LogP contribution in [0.4, 0.5) is 13.2 Å². The van der Waals surface area contributed by atoms with Crippen LogP contribution in [0.5, 0.6) is 0 Å². The molecule has 0 aromatic carbocycles. The summed E-state index contributed by atoms with van der Waals surface area (Å²) in [6.45, 7) is 2.86. The van der Waals surface area contributed by atoms with Crippen LogP contribution in [0.1, 0.15) is 13.8 Å². The Kier molecular flexibility index (Phi) is 6.01. The van der Waals surface area contributed by atoms with Crippen molar-refractivity contribution in [3.8, 4) is 0 Å². The molecule has 0 bridgehead atoms. The van der Waals surface area contributed by atoms with Gasteiger partial charge in [-0.3, -0.25) is 9.69 Å². The second-order valence-corrected chi connectivity index (χ2v) is 6.09. The summed E-state index contributed by atoms with van der Waals surface area (Å²) in [5.74, 6) is -0.197. The predicted octanol–water partition coefficient (Wildman–Crippen LogP) is 1.13. The van der Waals surface area contributed by atoms with E-state index in [0.29, 0.717) is 0 Å². The largest absolute Gasteiger partial charge is 0.401 e. The van der Waals surface area contributed by atoms with Crippen LogP contribution in [0.25, 0.3) is 0 Å². The van der Waals surface area contributed by atoms with Crippen molar-refractivity contribution in [2.75, 3.05) is 46.9 Å². The summed E-state index contributed by atoms with van der Waals surface area (Å²) >= 11 is 0. The summed E-state index contributed by atoms with van der Waals surface area (Å²) in [5, 5.41) is 0. The molecule has 0 aromatic rings. The van der Waals surface area contributed by atoms with Gasteiger partial charge < -0.3 is 14.4 Å². The molecule has 124 valence electrons. The quantitative estimate of drug-likeness (QED) is 0.763. The molecule has 0 aliphatic carbocycles. The molecule has 8 heteroatoms. The van der Waals surface area contributed by atoms with Gasteiger partial charge in [-0.1, -0.05) is 0 Å². The number of likely N-dealkylation sites (N-methyl/N-ethyl adjacent to an activating group) is 1. The number of carbonyl (C=O) groups excluding carboxylic acids is 1. The first-order chi connectivity index (χ1) is 9.48. The number of rotatable bonds is 5. The van der Waals surface area contributed by atoms with Gasteiger partial charge in [0.1, 0.15) is 6.61 Å². The Balaban J connectivity index is 2.48. The first kappa shape index (κ1) is 18.2. The molecule has 1 rings (SSSR count). The Morgan fingerprint density at radius 3 is 2.57 bits per heavy atom. The molecule has 21 heavy (non-hydrogen) atoms. The minimum Gasteiger partial charge on any atom is -0.369 e. The molecule has 1 saturated heterocycles. The van der Waals surface area contributed by atoms with Crippen molar-refractivity contribution < 1.29 is 27.4 Å². The van der Waals surface area contributed by atoms with E-state index in [1.54, 1.807) is 27.9 Å². The van der Waals surface area contributed by atoms with Gasteiger partial charge in [-0.05, 0) is 13.8 Å². The lowest BCUT2D eigenvalue weighted by Crippen LogP contribution is -2.56.